The molecule has 2 aromatic rings. The Hall–Kier alpha value is -2.23. The Morgan fingerprint density at radius 1 is 1.05 bits per heavy atom. The van der Waals surface area contributed by atoms with E-state index >= 15 is 0 Å². The molecule has 0 unspecified atom stereocenters. The molecule has 0 spiro atoms. The highest BCUT2D eigenvalue weighted by atomic mass is 16.5. The molecule has 1 aromatic heterocycles. The number of nitrogens with one attached hydrogen (secondary N) is 1. The van der Waals surface area contributed by atoms with Crippen molar-refractivity contribution < 1.29 is 4.74 Å². The van der Waals surface area contributed by atoms with Crippen LogP contribution in [-0.2, 0) is 6.54 Å². The van der Waals surface area contributed by atoms with Gasteiger partial charge in [-0.15, -0.1) is 0 Å². The molecule has 0 amide bonds. The lowest BCUT2D eigenvalue weighted by molar-refractivity contribution is 0.396. The molecule has 0 aliphatic carbocycles. The molecule has 0 saturated heterocycles. The number of hydrogen-bond donors (Lipinski definition) is 1. The molecule has 1 heterocycles. The quantitative estimate of drug-likeness (QED) is 0.844. The van der Waals surface area contributed by atoms with Crippen LogP contribution in [0.5, 0.6) is 5.88 Å². The molecule has 4 nitrogen and oxygen atoms in total. The standard InChI is InChI=1S/C17H23N3O/c1-4-20(5-2)16-11-9-14(10-12-16)18-13-15-7-6-8-17(19-15)21-3/h6-12,18H,4-5,13H2,1-3H3. The van der Waals surface area contributed by atoms with E-state index in [-0.39, 0.29) is 0 Å². The Labute approximate surface area is 126 Å². The van der Waals surface area contributed by atoms with Gasteiger partial charge in [-0.2, -0.15) is 0 Å². The molecular weight excluding hydrogens is 262 g/mol. The van der Waals surface area contributed by atoms with Gasteiger partial charge in [0.2, 0.25) is 5.88 Å². The largest absolute Gasteiger partial charge is 0.481 e. The lowest BCUT2D eigenvalue weighted by Gasteiger charge is -2.21. The third-order valence-electron chi connectivity index (χ3n) is 3.46. The zero-order chi connectivity index (χ0) is 15.1. The second-order valence-corrected chi connectivity index (χ2v) is 4.74. The Balaban J connectivity index is 1.97. The van der Waals surface area contributed by atoms with Gasteiger partial charge in [-0.05, 0) is 44.2 Å². The van der Waals surface area contributed by atoms with E-state index in [1.54, 1.807) is 7.11 Å². The van der Waals surface area contributed by atoms with Crippen molar-refractivity contribution in [3.8, 4) is 5.88 Å². The number of ether oxygens (including phenoxy) is 1. The minimum Gasteiger partial charge on any atom is -0.481 e. The summed E-state index contributed by atoms with van der Waals surface area (Å²) in [6.45, 7) is 7.07. The van der Waals surface area contributed by atoms with Gasteiger partial charge in [0.05, 0.1) is 19.3 Å². The molecular formula is C17H23N3O. The predicted molar refractivity (Wildman–Crippen MR) is 88.1 cm³/mol. The molecule has 4 heteroatoms. The summed E-state index contributed by atoms with van der Waals surface area (Å²) in [6, 6.07) is 14.3. The molecule has 21 heavy (non-hydrogen) atoms. The summed E-state index contributed by atoms with van der Waals surface area (Å²) in [7, 11) is 1.63. The number of aromatic nitrogens is 1. The van der Waals surface area contributed by atoms with Crippen LogP contribution in [0.25, 0.3) is 0 Å². The van der Waals surface area contributed by atoms with Crippen LogP contribution in [0.2, 0.25) is 0 Å². The predicted octanol–water partition coefficient (Wildman–Crippen LogP) is 3.55. The van der Waals surface area contributed by atoms with E-state index in [4.69, 9.17) is 4.74 Å². The third kappa shape index (κ3) is 4.12. The minimum absolute atomic E-state index is 0.645. The Kier molecular flexibility index (Phi) is 5.43. The summed E-state index contributed by atoms with van der Waals surface area (Å²) in [5.41, 5.74) is 3.31. The smallest absolute Gasteiger partial charge is 0.213 e. The van der Waals surface area contributed by atoms with Crippen LogP contribution in [0.1, 0.15) is 19.5 Å². The molecule has 1 aromatic carbocycles. The Morgan fingerprint density at radius 2 is 1.76 bits per heavy atom. The zero-order valence-corrected chi connectivity index (χ0v) is 13.0. The van der Waals surface area contributed by atoms with Crippen LogP contribution in [0.3, 0.4) is 0 Å². The number of hydrogen-bond acceptors (Lipinski definition) is 4. The summed E-state index contributed by atoms with van der Waals surface area (Å²) in [5, 5.41) is 3.38. The first-order valence-corrected chi connectivity index (χ1v) is 7.35. The van der Waals surface area contributed by atoms with Crippen LogP contribution in [0, 0.1) is 0 Å². The number of rotatable bonds is 7. The fourth-order valence-electron chi connectivity index (χ4n) is 2.24. The van der Waals surface area contributed by atoms with Gasteiger partial charge in [0.15, 0.2) is 0 Å². The van der Waals surface area contributed by atoms with Crippen LogP contribution < -0.4 is 15.0 Å². The normalized spacial score (nSPS) is 10.2. The van der Waals surface area contributed by atoms with Crippen LogP contribution >= 0.6 is 0 Å². The summed E-state index contributed by atoms with van der Waals surface area (Å²) in [5.74, 6) is 0.645. The highest BCUT2D eigenvalue weighted by Crippen LogP contribution is 2.18. The van der Waals surface area contributed by atoms with Gasteiger partial charge >= 0.3 is 0 Å². The molecule has 0 bridgehead atoms. The molecule has 0 saturated carbocycles. The van der Waals surface area contributed by atoms with E-state index in [9.17, 15) is 0 Å². The lowest BCUT2D eigenvalue weighted by atomic mass is 10.2. The van der Waals surface area contributed by atoms with E-state index in [0.717, 1.165) is 24.5 Å². The van der Waals surface area contributed by atoms with Crippen molar-refractivity contribution >= 4 is 11.4 Å². The van der Waals surface area contributed by atoms with Crippen molar-refractivity contribution in [3.05, 3.63) is 48.2 Å². The van der Waals surface area contributed by atoms with Gasteiger partial charge in [-0.1, -0.05) is 6.07 Å². The van der Waals surface area contributed by atoms with E-state index < -0.39 is 0 Å². The zero-order valence-electron chi connectivity index (χ0n) is 13.0. The Morgan fingerprint density at radius 3 is 2.38 bits per heavy atom. The first-order valence-electron chi connectivity index (χ1n) is 7.35. The molecule has 112 valence electrons. The van der Waals surface area contributed by atoms with E-state index in [1.807, 2.05) is 18.2 Å². The van der Waals surface area contributed by atoms with Crippen molar-refractivity contribution in [2.24, 2.45) is 0 Å². The second kappa shape index (κ2) is 7.53. The maximum Gasteiger partial charge on any atom is 0.213 e. The molecule has 0 aliphatic heterocycles. The average Bonchev–Trinajstić information content (AvgIpc) is 2.55. The van der Waals surface area contributed by atoms with Crippen molar-refractivity contribution in [1.82, 2.24) is 4.98 Å². The summed E-state index contributed by atoms with van der Waals surface area (Å²) in [4.78, 5) is 6.71. The minimum atomic E-state index is 0.645. The van der Waals surface area contributed by atoms with Crippen LogP contribution in [0.4, 0.5) is 11.4 Å². The van der Waals surface area contributed by atoms with Crippen molar-refractivity contribution in [2.45, 2.75) is 20.4 Å². The van der Waals surface area contributed by atoms with Crippen LogP contribution in [0.15, 0.2) is 42.5 Å². The number of anilines is 2. The van der Waals surface area contributed by atoms with Gasteiger partial charge in [-0.25, -0.2) is 4.98 Å². The van der Waals surface area contributed by atoms with Gasteiger partial charge in [0, 0.05) is 30.5 Å². The summed E-state index contributed by atoms with van der Waals surface area (Å²) < 4.78 is 5.13. The van der Waals surface area contributed by atoms with Crippen LogP contribution in [-0.4, -0.2) is 25.2 Å². The average molecular weight is 285 g/mol. The molecule has 0 fully saturated rings. The number of pyridine rings is 1. The fraction of sp³-hybridized carbons (Fsp3) is 0.353. The Bertz CT molecular complexity index is 550. The van der Waals surface area contributed by atoms with Gasteiger partial charge in [-0.3, -0.25) is 0 Å². The maximum atomic E-state index is 5.13. The highest BCUT2D eigenvalue weighted by molar-refractivity contribution is 5.55. The van der Waals surface area contributed by atoms with Crippen molar-refractivity contribution in [3.63, 3.8) is 0 Å². The number of benzene rings is 1. The van der Waals surface area contributed by atoms with E-state index in [2.05, 4.69) is 53.3 Å². The number of methoxy groups -OCH3 is 1. The summed E-state index contributed by atoms with van der Waals surface area (Å²) >= 11 is 0. The fourth-order valence-corrected chi connectivity index (χ4v) is 2.24. The molecule has 0 atom stereocenters. The topological polar surface area (TPSA) is 37.4 Å². The van der Waals surface area contributed by atoms with Crippen molar-refractivity contribution in [2.75, 3.05) is 30.4 Å². The number of nitrogens with zero attached hydrogens (tertiary/aromatic N) is 2. The highest BCUT2D eigenvalue weighted by Gasteiger charge is 2.02. The summed E-state index contributed by atoms with van der Waals surface area (Å²) in [6.07, 6.45) is 0. The van der Waals surface area contributed by atoms with E-state index in [0.29, 0.717) is 12.4 Å². The maximum absolute atomic E-state index is 5.13. The SMILES string of the molecule is CCN(CC)c1ccc(NCc2cccc(OC)n2)cc1. The molecule has 0 aliphatic rings. The van der Waals surface area contributed by atoms with Gasteiger partial charge in [0.25, 0.3) is 0 Å². The van der Waals surface area contributed by atoms with E-state index in [1.165, 1.54) is 5.69 Å². The van der Waals surface area contributed by atoms with Crippen molar-refractivity contribution in [1.29, 1.82) is 0 Å². The third-order valence-corrected chi connectivity index (χ3v) is 3.46. The second-order valence-electron chi connectivity index (χ2n) is 4.74. The lowest BCUT2D eigenvalue weighted by Crippen LogP contribution is -2.21. The monoisotopic (exact) mass is 285 g/mol. The first kappa shape index (κ1) is 15.2. The molecule has 1 N–H and O–H groups in total. The molecule has 0 radical (unpaired) electrons. The first-order chi connectivity index (χ1) is 10.3. The van der Waals surface area contributed by atoms with Gasteiger partial charge in [0.1, 0.15) is 0 Å². The molecule has 2 rings (SSSR count). The van der Waals surface area contributed by atoms with Gasteiger partial charge < -0.3 is 15.0 Å².